The molecule has 0 aromatic heterocycles. The second-order valence-corrected chi connectivity index (χ2v) is 10.3. The van der Waals surface area contributed by atoms with Gasteiger partial charge in [0.25, 0.3) is 0 Å². The summed E-state index contributed by atoms with van der Waals surface area (Å²) < 4.78 is 16.9. The van der Waals surface area contributed by atoms with E-state index in [4.69, 9.17) is 14.2 Å². The summed E-state index contributed by atoms with van der Waals surface area (Å²) in [6, 6.07) is 0. The van der Waals surface area contributed by atoms with E-state index < -0.39 is 23.4 Å². The number of carbonyl (C=O) groups excluding carboxylic acids is 1. The molecule has 6 nitrogen and oxygen atoms in total. The molecule has 0 aromatic carbocycles. The minimum atomic E-state index is -0.897. The summed E-state index contributed by atoms with van der Waals surface area (Å²) in [5.74, 6) is -2.32. The standard InChI is InChI=1S/C25H46O6/c1-19(2)18-21(23(26)27)20(24(28)31-25(3,4)5)14-10-8-6-7-9-12-16-29-22-15-11-13-17-30-22/h19-22H,6-18H2,1-5H3,(H,26,27)/t20?,21-,22?/m1/s1. The predicted molar refractivity (Wildman–Crippen MR) is 122 cm³/mol. The Balaban J connectivity index is 2.33. The molecular weight excluding hydrogens is 396 g/mol. The fourth-order valence-corrected chi connectivity index (χ4v) is 4.04. The largest absolute Gasteiger partial charge is 0.481 e. The van der Waals surface area contributed by atoms with Gasteiger partial charge >= 0.3 is 11.9 Å². The van der Waals surface area contributed by atoms with Crippen LogP contribution in [0, 0.1) is 17.8 Å². The van der Waals surface area contributed by atoms with Gasteiger partial charge in [0.15, 0.2) is 6.29 Å². The topological polar surface area (TPSA) is 82.1 Å². The van der Waals surface area contributed by atoms with Gasteiger partial charge in [0, 0.05) is 13.2 Å². The van der Waals surface area contributed by atoms with E-state index in [1.165, 1.54) is 6.42 Å². The average Bonchev–Trinajstić information content (AvgIpc) is 2.67. The molecule has 1 aliphatic heterocycles. The van der Waals surface area contributed by atoms with E-state index in [1.54, 1.807) is 0 Å². The summed E-state index contributed by atoms with van der Waals surface area (Å²) in [6.07, 6.45) is 10.6. The molecule has 1 aliphatic rings. The van der Waals surface area contributed by atoms with Crippen LogP contribution in [0.2, 0.25) is 0 Å². The van der Waals surface area contributed by atoms with Gasteiger partial charge in [0.05, 0.1) is 11.8 Å². The Hall–Kier alpha value is -1.14. The van der Waals surface area contributed by atoms with E-state index in [0.717, 1.165) is 64.6 Å². The van der Waals surface area contributed by atoms with Gasteiger partial charge in [0.2, 0.25) is 0 Å². The maximum absolute atomic E-state index is 12.7. The van der Waals surface area contributed by atoms with Crippen molar-refractivity contribution in [1.29, 1.82) is 0 Å². The number of hydrogen-bond donors (Lipinski definition) is 1. The minimum absolute atomic E-state index is 0.00782. The highest BCUT2D eigenvalue weighted by Gasteiger charge is 2.36. The van der Waals surface area contributed by atoms with Crippen LogP contribution in [-0.4, -0.2) is 42.1 Å². The predicted octanol–water partition coefficient (Wildman–Crippen LogP) is 5.97. The molecular formula is C25H46O6. The third-order valence-electron chi connectivity index (χ3n) is 5.59. The first kappa shape index (κ1) is 27.9. The van der Waals surface area contributed by atoms with Gasteiger partial charge in [0.1, 0.15) is 5.60 Å². The molecule has 0 spiro atoms. The Morgan fingerprint density at radius 2 is 1.65 bits per heavy atom. The van der Waals surface area contributed by atoms with E-state index in [-0.39, 0.29) is 18.2 Å². The van der Waals surface area contributed by atoms with Crippen LogP contribution in [0.15, 0.2) is 0 Å². The van der Waals surface area contributed by atoms with Crippen LogP contribution in [0.5, 0.6) is 0 Å². The maximum Gasteiger partial charge on any atom is 0.310 e. The highest BCUT2D eigenvalue weighted by atomic mass is 16.7. The number of rotatable bonds is 15. The first-order valence-electron chi connectivity index (χ1n) is 12.3. The molecule has 3 atom stereocenters. The van der Waals surface area contributed by atoms with E-state index in [0.29, 0.717) is 12.8 Å². The van der Waals surface area contributed by atoms with Gasteiger partial charge in [-0.2, -0.15) is 0 Å². The SMILES string of the molecule is CC(C)C[C@@H](C(=O)O)C(CCCCCCCCOC1CCCCO1)C(=O)OC(C)(C)C. The molecule has 0 aliphatic carbocycles. The molecule has 0 amide bonds. The lowest BCUT2D eigenvalue weighted by molar-refractivity contribution is -0.167. The van der Waals surface area contributed by atoms with E-state index in [2.05, 4.69) is 0 Å². The Morgan fingerprint density at radius 1 is 1.00 bits per heavy atom. The van der Waals surface area contributed by atoms with Gasteiger partial charge in [-0.1, -0.05) is 46.0 Å². The van der Waals surface area contributed by atoms with Crippen molar-refractivity contribution in [1.82, 2.24) is 0 Å². The zero-order valence-electron chi connectivity index (χ0n) is 20.5. The fraction of sp³-hybridized carbons (Fsp3) is 0.920. The molecule has 1 saturated heterocycles. The summed E-state index contributed by atoms with van der Waals surface area (Å²) in [4.78, 5) is 24.6. The number of carboxylic acids is 1. The van der Waals surface area contributed by atoms with Crippen LogP contribution < -0.4 is 0 Å². The third kappa shape index (κ3) is 13.1. The van der Waals surface area contributed by atoms with Crippen molar-refractivity contribution in [3.8, 4) is 0 Å². The van der Waals surface area contributed by atoms with Crippen LogP contribution in [-0.2, 0) is 23.8 Å². The van der Waals surface area contributed by atoms with Crippen molar-refractivity contribution < 1.29 is 28.9 Å². The molecule has 0 saturated carbocycles. The van der Waals surface area contributed by atoms with Crippen molar-refractivity contribution >= 4 is 11.9 Å². The van der Waals surface area contributed by atoms with E-state index in [1.807, 2.05) is 34.6 Å². The van der Waals surface area contributed by atoms with Crippen molar-refractivity contribution in [2.45, 2.75) is 117 Å². The lowest BCUT2D eigenvalue weighted by Gasteiger charge is -2.28. The minimum Gasteiger partial charge on any atom is -0.481 e. The van der Waals surface area contributed by atoms with Crippen LogP contribution in [0.4, 0.5) is 0 Å². The van der Waals surface area contributed by atoms with E-state index in [9.17, 15) is 14.7 Å². The second kappa shape index (κ2) is 14.8. The normalized spacial score (nSPS) is 19.2. The zero-order chi connectivity index (χ0) is 23.3. The lowest BCUT2D eigenvalue weighted by atomic mass is 9.82. The second-order valence-electron chi connectivity index (χ2n) is 10.3. The van der Waals surface area contributed by atoms with Gasteiger partial charge < -0.3 is 19.3 Å². The number of aliphatic carboxylic acids is 1. The number of unbranched alkanes of at least 4 members (excludes halogenated alkanes) is 5. The number of carbonyl (C=O) groups is 2. The first-order chi connectivity index (χ1) is 14.6. The molecule has 1 fully saturated rings. The number of ether oxygens (including phenoxy) is 3. The molecule has 2 unspecified atom stereocenters. The number of carboxylic acid groups (broad SMARTS) is 1. The van der Waals surface area contributed by atoms with Crippen molar-refractivity contribution in [3.63, 3.8) is 0 Å². The Bertz CT molecular complexity index is 505. The Kier molecular flexibility index (Phi) is 13.3. The van der Waals surface area contributed by atoms with Crippen LogP contribution in [0.25, 0.3) is 0 Å². The average molecular weight is 443 g/mol. The summed E-state index contributed by atoms with van der Waals surface area (Å²) >= 11 is 0. The highest BCUT2D eigenvalue weighted by Crippen LogP contribution is 2.29. The first-order valence-corrected chi connectivity index (χ1v) is 12.3. The monoisotopic (exact) mass is 442 g/mol. The number of esters is 1. The van der Waals surface area contributed by atoms with Crippen LogP contribution in [0.3, 0.4) is 0 Å². The van der Waals surface area contributed by atoms with Gasteiger partial charge in [-0.15, -0.1) is 0 Å². The number of hydrogen-bond acceptors (Lipinski definition) is 5. The zero-order valence-corrected chi connectivity index (χ0v) is 20.5. The van der Waals surface area contributed by atoms with Crippen molar-refractivity contribution in [3.05, 3.63) is 0 Å². The van der Waals surface area contributed by atoms with Crippen molar-refractivity contribution in [2.24, 2.45) is 17.8 Å². The Morgan fingerprint density at radius 3 is 2.19 bits per heavy atom. The molecule has 182 valence electrons. The maximum atomic E-state index is 12.7. The van der Waals surface area contributed by atoms with E-state index >= 15 is 0 Å². The van der Waals surface area contributed by atoms with Crippen LogP contribution in [0.1, 0.15) is 105 Å². The van der Waals surface area contributed by atoms with Gasteiger partial charge in [-0.25, -0.2) is 0 Å². The fourth-order valence-electron chi connectivity index (χ4n) is 4.04. The Labute approximate surface area is 189 Å². The molecule has 0 radical (unpaired) electrons. The third-order valence-corrected chi connectivity index (χ3v) is 5.59. The van der Waals surface area contributed by atoms with Gasteiger partial charge in [-0.3, -0.25) is 9.59 Å². The van der Waals surface area contributed by atoms with Crippen LogP contribution >= 0.6 is 0 Å². The summed E-state index contributed by atoms with van der Waals surface area (Å²) in [7, 11) is 0. The molecule has 6 heteroatoms. The molecule has 31 heavy (non-hydrogen) atoms. The highest BCUT2D eigenvalue weighted by molar-refractivity contribution is 5.81. The lowest BCUT2D eigenvalue weighted by Crippen LogP contribution is -2.36. The molecule has 0 aromatic rings. The van der Waals surface area contributed by atoms with Gasteiger partial charge in [-0.05, 0) is 65.2 Å². The quantitative estimate of drug-likeness (QED) is 0.249. The smallest absolute Gasteiger partial charge is 0.310 e. The summed E-state index contributed by atoms with van der Waals surface area (Å²) in [6.45, 7) is 11.0. The summed E-state index contributed by atoms with van der Waals surface area (Å²) in [5.41, 5.74) is -0.610. The van der Waals surface area contributed by atoms with Crippen molar-refractivity contribution in [2.75, 3.05) is 13.2 Å². The molecule has 0 bridgehead atoms. The molecule has 1 rings (SSSR count). The summed E-state index contributed by atoms with van der Waals surface area (Å²) in [5, 5.41) is 9.73. The molecule has 1 N–H and O–H groups in total. The molecule has 1 heterocycles.